The van der Waals surface area contributed by atoms with Crippen LogP contribution in [-0.2, 0) is 9.53 Å². The largest absolute Gasteiger partial charge is 0.480 e. The highest BCUT2D eigenvalue weighted by Crippen LogP contribution is 2.39. The molecule has 0 radical (unpaired) electrons. The molecule has 1 unspecified atom stereocenters. The second-order valence-electron chi connectivity index (χ2n) is 6.47. The van der Waals surface area contributed by atoms with Gasteiger partial charge in [-0.05, 0) is 50.5 Å². The molecule has 0 amide bonds. The Hall–Kier alpha value is -2.51. The molecular formula is C20H22Cl2N2O5. The van der Waals surface area contributed by atoms with Crippen molar-refractivity contribution in [2.45, 2.75) is 40.2 Å². The minimum absolute atomic E-state index is 0.0463. The number of nitrogens with one attached hydrogen (secondary N) is 1. The number of carboxylic acid groups (broad SMARTS) is 1. The molecule has 2 rings (SSSR count). The van der Waals surface area contributed by atoms with Gasteiger partial charge in [0.25, 0.3) is 0 Å². The maximum Gasteiger partial charge on any atom is 0.345 e. The van der Waals surface area contributed by atoms with Gasteiger partial charge < -0.3 is 19.9 Å². The maximum absolute atomic E-state index is 12.6. The van der Waals surface area contributed by atoms with Crippen LogP contribution in [0.15, 0.2) is 12.1 Å². The maximum atomic E-state index is 12.6. The molecule has 1 aromatic heterocycles. The predicted octanol–water partition coefficient (Wildman–Crippen LogP) is 5.17. The molecule has 156 valence electrons. The molecule has 2 N–H and O–H groups in total. The molecule has 2 aromatic rings. The van der Waals surface area contributed by atoms with E-state index in [-0.39, 0.29) is 28.6 Å². The Bertz CT molecular complexity index is 939. The number of aromatic nitrogens is 1. The lowest BCUT2D eigenvalue weighted by atomic mass is 10.1. The molecule has 1 heterocycles. The molecule has 0 bridgehead atoms. The molecule has 1 atom stereocenters. The topological polar surface area (TPSA) is 97.8 Å². The first-order valence-corrected chi connectivity index (χ1v) is 9.58. The molecule has 7 nitrogen and oxygen atoms in total. The molecule has 0 aliphatic carbocycles. The lowest BCUT2D eigenvalue weighted by Crippen LogP contribution is -2.29. The minimum Gasteiger partial charge on any atom is -0.480 e. The fourth-order valence-corrected chi connectivity index (χ4v) is 3.34. The number of methoxy groups -OCH3 is 1. The average molecular weight is 441 g/mol. The van der Waals surface area contributed by atoms with Crippen molar-refractivity contribution in [2.24, 2.45) is 0 Å². The van der Waals surface area contributed by atoms with Crippen LogP contribution in [0.3, 0.4) is 0 Å². The Morgan fingerprint density at radius 2 is 1.79 bits per heavy atom. The van der Waals surface area contributed by atoms with Crippen LogP contribution in [0.5, 0.6) is 11.6 Å². The van der Waals surface area contributed by atoms with Crippen LogP contribution in [0.25, 0.3) is 0 Å². The van der Waals surface area contributed by atoms with Crippen molar-refractivity contribution in [1.82, 2.24) is 4.98 Å². The van der Waals surface area contributed by atoms with Crippen LogP contribution < -0.4 is 10.1 Å². The predicted molar refractivity (Wildman–Crippen MR) is 112 cm³/mol. The molecule has 0 aliphatic heterocycles. The number of aryl methyl sites for hydroxylation is 3. The zero-order valence-electron chi connectivity index (χ0n) is 16.7. The minimum atomic E-state index is -1.08. The first-order valence-electron chi connectivity index (χ1n) is 8.83. The molecule has 1 aromatic carbocycles. The van der Waals surface area contributed by atoms with E-state index in [0.717, 1.165) is 11.1 Å². The third-order valence-electron chi connectivity index (χ3n) is 4.31. The second kappa shape index (κ2) is 9.33. The fraction of sp³-hybridized carbons (Fsp3) is 0.350. The van der Waals surface area contributed by atoms with Crippen molar-refractivity contribution in [3.8, 4) is 11.6 Å². The van der Waals surface area contributed by atoms with Gasteiger partial charge in [0.05, 0.1) is 23.5 Å². The van der Waals surface area contributed by atoms with Gasteiger partial charge in [0.1, 0.15) is 17.4 Å². The van der Waals surface area contributed by atoms with Gasteiger partial charge in [-0.3, -0.25) is 0 Å². The summed E-state index contributed by atoms with van der Waals surface area (Å²) in [6.07, 6.45) is 0.263. The molecule has 0 spiro atoms. The normalized spacial score (nSPS) is 11.7. The van der Waals surface area contributed by atoms with E-state index >= 15 is 0 Å². The van der Waals surface area contributed by atoms with E-state index in [1.54, 1.807) is 26.0 Å². The Labute approximate surface area is 178 Å². The lowest BCUT2D eigenvalue weighted by molar-refractivity contribution is -0.137. The third-order valence-corrected chi connectivity index (χ3v) is 4.99. The number of halogens is 2. The van der Waals surface area contributed by atoms with E-state index in [1.165, 1.54) is 7.11 Å². The number of hydrogen-bond donors (Lipinski definition) is 2. The molecule has 0 aliphatic rings. The number of benzene rings is 1. The first-order chi connectivity index (χ1) is 13.6. The first kappa shape index (κ1) is 22.8. The van der Waals surface area contributed by atoms with Crippen molar-refractivity contribution in [2.75, 3.05) is 12.4 Å². The molecule has 29 heavy (non-hydrogen) atoms. The number of carbonyl (C=O) groups is 2. The van der Waals surface area contributed by atoms with Gasteiger partial charge in [-0.1, -0.05) is 30.1 Å². The molecule has 0 fully saturated rings. The van der Waals surface area contributed by atoms with Crippen molar-refractivity contribution in [3.63, 3.8) is 0 Å². The van der Waals surface area contributed by atoms with E-state index in [2.05, 4.69) is 10.3 Å². The van der Waals surface area contributed by atoms with Crippen molar-refractivity contribution >= 4 is 40.8 Å². The summed E-state index contributed by atoms with van der Waals surface area (Å²) in [7, 11) is 1.21. The Morgan fingerprint density at radius 1 is 1.21 bits per heavy atom. The number of pyridine rings is 1. The Balaban J connectivity index is 2.69. The molecule has 9 heteroatoms. The Kier molecular flexibility index (Phi) is 7.32. The van der Waals surface area contributed by atoms with E-state index in [4.69, 9.17) is 32.7 Å². The highest BCUT2D eigenvalue weighted by Gasteiger charge is 2.28. The number of rotatable bonds is 7. The van der Waals surface area contributed by atoms with Gasteiger partial charge in [0, 0.05) is 5.02 Å². The van der Waals surface area contributed by atoms with Gasteiger partial charge in [0.15, 0.2) is 0 Å². The van der Waals surface area contributed by atoms with Crippen LogP contribution in [0.1, 0.15) is 40.5 Å². The van der Waals surface area contributed by atoms with E-state index in [1.807, 2.05) is 13.8 Å². The van der Waals surface area contributed by atoms with Crippen LogP contribution in [0.2, 0.25) is 10.0 Å². The number of hydrogen-bond acceptors (Lipinski definition) is 6. The number of nitrogens with zero attached hydrogens (tertiary/aromatic N) is 1. The van der Waals surface area contributed by atoms with Gasteiger partial charge in [-0.2, -0.15) is 0 Å². The number of esters is 1. The van der Waals surface area contributed by atoms with Gasteiger partial charge in [0.2, 0.25) is 5.88 Å². The van der Waals surface area contributed by atoms with Gasteiger partial charge in [-0.25, -0.2) is 14.6 Å². The summed E-state index contributed by atoms with van der Waals surface area (Å²) in [5.74, 6) is -1.41. The van der Waals surface area contributed by atoms with E-state index in [0.29, 0.717) is 16.5 Å². The smallest absolute Gasteiger partial charge is 0.345 e. The van der Waals surface area contributed by atoms with E-state index in [9.17, 15) is 14.7 Å². The van der Waals surface area contributed by atoms with Crippen LogP contribution >= 0.6 is 23.2 Å². The number of aliphatic carboxylic acids is 1. The van der Waals surface area contributed by atoms with Crippen molar-refractivity contribution in [3.05, 3.63) is 44.6 Å². The molecule has 0 saturated heterocycles. The summed E-state index contributed by atoms with van der Waals surface area (Å²) in [5, 5.41) is 12.9. The SMILES string of the molecule is CCC(Nc1c(Cl)c(C)nc(Oc2c(C)cc(Cl)cc2C)c1C(=O)OC)C(=O)O. The number of carboxylic acids is 1. The summed E-state index contributed by atoms with van der Waals surface area (Å²) in [6.45, 7) is 6.95. The van der Waals surface area contributed by atoms with Crippen LogP contribution in [0.4, 0.5) is 5.69 Å². The summed E-state index contributed by atoms with van der Waals surface area (Å²) >= 11 is 12.4. The highest BCUT2D eigenvalue weighted by atomic mass is 35.5. The highest BCUT2D eigenvalue weighted by molar-refractivity contribution is 6.35. The lowest BCUT2D eigenvalue weighted by Gasteiger charge is -2.21. The monoisotopic (exact) mass is 440 g/mol. The third kappa shape index (κ3) is 4.92. The number of carbonyl (C=O) groups excluding carboxylic acids is 1. The number of ether oxygens (including phenoxy) is 2. The van der Waals surface area contributed by atoms with Crippen molar-refractivity contribution in [1.29, 1.82) is 0 Å². The summed E-state index contributed by atoms with van der Waals surface area (Å²) in [6, 6.07) is 2.48. The second-order valence-corrected chi connectivity index (χ2v) is 7.29. The van der Waals surface area contributed by atoms with E-state index < -0.39 is 18.0 Å². The quantitative estimate of drug-likeness (QED) is 0.573. The molecular weight excluding hydrogens is 419 g/mol. The zero-order chi connectivity index (χ0) is 21.9. The van der Waals surface area contributed by atoms with Crippen LogP contribution in [-0.4, -0.2) is 35.2 Å². The van der Waals surface area contributed by atoms with Crippen molar-refractivity contribution < 1.29 is 24.2 Å². The molecule has 0 saturated carbocycles. The Morgan fingerprint density at radius 3 is 2.28 bits per heavy atom. The van der Waals surface area contributed by atoms with Gasteiger partial charge in [-0.15, -0.1) is 0 Å². The van der Waals surface area contributed by atoms with Crippen LogP contribution in [0, 0.1) is 20.8 Å². The fourth-order valence-electron chi connectivity index (χ4n) is 2.82. The van der Waals surface area contributed by atoms with Gasteiger partial charge >= 0.3 is 11.9 Å². The number of anilines is 1. The summed E-state index contributed by atoms with van der Waals surface area (Å²) < 4.78 is 10.9. The zero-order valence-corrected chi connectivity index (χ0v) is 18.2. The summed E-state index contributed by atoms with van der Waals surface area (Å²) in [5.41, 5.74) is 1.86. The standard InChI is InChI=1S/C20H22Cl2N2O5/c1-6-13(19(25)26)24-16-14(20(27)28-5)18(23-11(4)15(16)22)29-17-9(2)7-12(21)8-10(17)3/h7-8,13H,6H2,1-5H3,(H,23,24)(H,25,26). The summed E-state index contributed by atoms with van der Waals surface area (Å²) in [4.78, 5) is 28.4. The average Bonchev–Trinajstić information content (AvgIpc) is 2.64.